The zero-order valence-electron chi connectivity index (χ0n) is 13.0. The predicted octanol–water partition coefficient (Wildman–Crippen LogP) is 3.03. The van der Waals surface area contributed by atoms with Gasteiger partial charge in [0.25, 0.3) is 0 Å². The number of ether oxygens (including phenoxy) is 1. The molecule has 1 aromatic rings. The van der Waals surface area contributed by atoms with E-state index >= 15 is 0 Å². The number of alkyl halides is 3. The van der Waals surface area contributed by atoms with Crippen molar-refractivity contribution in [2.45, 2.75) is 26.1 Å². The van der Waals surface area contributed by atoms with Crippen molar-refractivity contribution in [3.05, 3.63) is 41.5 Å². The molecule has 0 aliphatic carbocycles. The molecule has 0 fully saturated rings. The molecular formula is C16H18F3NO3. The number of benzene rings is 1. The molecule has 23 heavy (non-hydrogen) atoms. The molecule has 0 spiro atoms. The number of hydrogen-bond donors (Lipinski definition) is 1. The molecular weight excluding hydrogens is 311 g/mol. The topological polar surface area (TPSA) is 55.4 Å². The van der Waals surface area contributed by atoms with Crippen LogP contribution in [0.25, 0.3) is 6.08 Å². The van der Waals surface area contributed by atoms with Crippen molar-refractivity contribution >= 4 is 18.0 Å². The standard InChI is InChI=1S/C16H18F3NO3/c1-10(2)14(15(22)23-3)20-13(21)9-6-11-4-7-12(8-5-11)16(17,18)19/h4-10,14H,1-3H3,(H,20,21)/t14-/m0/s1. The Labute approximate surface area is 132 Å². The molecule has 0 radical (unpaired) electrons. The number of amides is 1. The highest BCUT2D eigenvalue weighted by atomic mass is 19.4. The molecule has 0 aromatic heterocycles. The van der Waals surface area contributed by atoms with Gasteiger partial charge in [0.1, 0.15) is 6.04 Å². The van der Waals surface area contributed by atoms with E-state index in [0.717, 1.165) is 18.2 Å². The fraction of sp³-hybridized carbons (Fsp3) is 0.375. The van der Waals surface area contributed by atoms with Gasteiger partial charge < -0.3 is 10.1 Å². The summed E-state index contributed by atoms with van der Waals surface area (Å²) in [6.45, 7) is 3.50. The Bertz CT molecular complexity index is 577. The summed E-state index contributed by atoms with van der Waals surface area (Å²) in [6, 6.07) is 3.59. The van der Waals surface area contributed by atoms with Gasteiger partial charge in [-0.15, -0.1) is 0 Å². The Hall–Kier alpha value is -2.31. The Morgan fingerprint density at radius 1 is 1.17 bits per heavy atom. The number of carbonyl (C=O) groups is 2. The van der Waals surface area contributed by atoms with Crippen LogP contribution in [0.2, 0.25) is 0 Å². The highest BCUT2D eigenvalue weighted by Crippen LogP contribution is 2.29. The van der Waals surface area contributed by atoms with Gasteiger partial charge in [0.05, 0.1) is 12.7 Å². The Morgan fingerprint density at radius 2 is 1.74 bits per heavy atom. The largest absolute Gasteiger partial charge is 0.467 e. The second-order valence-electron chi connectivity index (χ2n) is 5.21. The minimum Gasteiger partial charge on any atom is -0.467 e. The van der Waals surface area contributed by atoms with E-state index in [4.69, 9.17) is 0 Å². The van der Waals surface area contributed by atoms with Gasteiger partial charge in [-0.1, -0.05) is 26.0 Å². The molecule has 7 heteroatoms. The molecule has 4 nitrogen and oxygen atoms in total. The number of hydrogen-bond acceptors (Lipinski definition) is 3. The van der Waals surface area contributed by atoms with Crippen LogP contribution in [0, 0.1) is 5.92 Å². The maximum atomic E-state index is 12.4. The maximum absolute atomic E-state index is 12.4. The summed E-state index contributed by atoms with van der Waals surface area (Å²) in [7, 11) is 1.22. The van der Waals surface area contributed by atoms with Gasteiger partial charge in [-0.3, -0.25) is 4.79 Å². The molecule has 1 atom stereocenters. The van der Waals surface area contributed by atoms with Crippen molar-refractivity contribution in [3.63, 3.8) is 0 Å². The van der Waals surface area contributed by atoms with Crippen LogP contribution in [-0.4, -0.2) is 25.0 Å². The summed E-state index contributed by atoms with van der Waals surface area (Å²) in [5.41, 5.74) is -0.322. The van der Waals surface area contributed by atoms with Crippen molar-refractivity contribution in [2.75, 3.05) is 7.11 Å². The second-order valence-corrected chi connectivity index (χ2v) is 5.21. The van der Waals surface area contributed by atoms with Gasteiger partial charge in [-0.05, 0) is 29.7 Å². The molecule has 1 rings (SSSR count). The van der Waals surface area contributed by atoms with Crippen molar-refractivity contribution < 1.29 is 27.5 Å². The van der Waals surface area contributed by atoms with Crippen LogP contribution in [-0.2, 0) is 20.5 Å². The summed E-state index contributed by atoms with van der Waals surface area (Å²) in [5.74, 6) is -1.25. The molecule has 0 saturated heterocycles. The smallest absolute Gasteiger partial charge is 0.416 e. The third-order valence-corrected chi connectivity index (χ3v) is 3.08. The monoisotopic (exact) mass is 329 g/mol. The van der Waals surface area contributed by atoms with Crippen LogP contribution in [0.3, 0.4) is 0 Å². The minimum absolute atomic E-state index is 0.161. The predicted molar refractivity (Wildman–Crippen MR) is 79.3 cm³/mol. The van der Waals surface area contributed by atoms with E-state index in [9.17, 15) is 22.8 Å². The van der Waals surface area contributed by atoms with Gasteiger partial charge in [0.2, 0.25) is 5.91 Å². The highest BCUT2D eigenvalue weighted by molar-refractivity contribution is 5.94. The number of halogens is 3. The lowest BCUT2D eigenvalue weighted by Crippen LogP contribution is -2.44. The molecule has 0 saturated carbocycles. The van der Waals surface area contributed by atoms with Crippen LogP contribution in [0.15, 0.2) is 30.3 Å². The maximum Gasteiger partial charge on any atom is 0.416 e. The number of nitrogens with one attached hydrogen (secondary N) is 1. The third-order valence-electron chi connectivity index (χ3n) is 3.08. The third kappa shape index (κ3) is 5.77. The first-order chi connectivity index (χ1) is 10.6. The van der Waals surface area contributed by atoms with Gasteiger partial charge in [-0.2, -0.15) is 13.2 Å². The molecule has 0 bridgehead atoms. The lowest BCUT2D eigenvalue weighted by molar-refractivity contribution is -0.145. The van der Waals surface area contributed by atoms with Gasteiger partial charge in [0.15, 0.2) is 0 Å². The van der Waals surface area contributed by atoms with Crippen LogP contribution in [0.5, 0.6) is 0 Å². The molecule has 1 aromatic carbocycles. The molecule has 0 aliphatic rings. The fourth-order valence-electron chi connectivity index (χ4n) is 1.78. The normalized spacial score (nSPS) is 13.2. The number of rotatable bonds is 5. The Morgan fingerprint density at radius 3 is 2.17 bits per heavy atom. The average Bonchev–Trinajstić information content (AvgIpc) is 2.49. The fourth-order valence-corrected chi connectivity index (χ4v) is 1.78. The quantitative estimate of drug-likeness (QED) is 0.667. The first-order valence-electron chi connectivity index (χ1n) is 6.89. The molecule has 1 amide bonds. The van der Waals surface area contributed by atoms with E-state index in [2.05, 4.69) is 10.1 Å². The summed E-state index contributed by atoms with van der Waals surface area (Å²) in [6.07, 6.45) is -1.88. The zero-order valence-corrected chi connectivity index (χ0v) is 13.0. The van der Waals surface area contributed by atoms with Crippen molar-refractivity contribution in [2.24, 2.45) is 5.92 Å². The molecule has 1 N–H and O–H groups in total. The van der Waals surface area contributed by atoms with Crippen molar-refractivity contribution in [1.29, 1.82) is 0 Å². The molecule has 126 valence electrons. The number of esters is 1. The van der Waals surface area contributed by atoms with Crippen molar-refractivity contribution in [1.82, 2.24) is 5.32 Å². The Balaban J connectivity index is 2.73. The molecule has 0 unspecified atom stereocenters. The van der Waals surface area contributed by atoms with Gasteiger partial charge in [0, 0.05) is 6.08 Å². The summed E-state index contributed by atoms with van der Waals surface area (Å²) in [4.78, 5) is 23.3. The molecule has 0 heterocycles. The van der Waals surface area contributed by atoms with E-state index in [-0.39, 0.29) is 5.92 Å². The SMILES string of the molecule is COC(=O)[C@@H](NC(=O)C=Cc1ccc(C(F)(F)F)cc1)C(C)C. The zero-order chi connectivity index (χ0) is 17.6. The van der Waals surface area contributed by atoms with E-state index < -0.39 is 29.7 Å². The van der Waals surface area contributed by atoms with Gasteiger partial charge >= 0.3 is 12.1 Å². The van der Waals surface area contributed by atoms with Crippen LogP contribution in [0.1, 0.15) is 25.0 Å². The summed E-state index contributed by atoms with van der Waals surface area (Å²) in [5, 5.41) is 2.49. The van der Waals surface area contributed by atoms with E-state index in [1.165, 1.54) is 25.3 Å². The number of carbonyl (C=O) groups excluding carboxylic acids is 2. The van der Waals surface area contributed by atoms with E-state index in [1.54, 1.807) is 13.8 Å². The lowest BCUT2D eigenvalue weighted by Gasteiger charge is -2.18. The first-order valence-corrected chi connectivity index (χ1v) is 6.89. The van der Waals surface area contributed by atoms with Crippen LogP contribution >= 0.6 is 0 Å². The summed E-state index contributed by atoms with van der Waals surface area (Å²) < 4.78 is 41.9. The van der Waals surface area contributed by atoms with E-state index in [1.807, 2.05) is 0 Å². The first kappa shape index (κ1) is 18.7. The van der Waals surface area contributed by atoms with Crippen molar-refractivity contribution in [3.8, 4) is 0 Å². The molecule has 0 aliphatic heterocycles. The number of methoxy groups -OCH3 is 1. The van der Waals surface area contributed by atoms with E-state index in [0.29, 0.717) is 5.56 Å². The second kappa shape index (κ2) is 7.80. The minimum atomic E-state index is -4.40. The van der Waals surface area contributed by atoms with Crippen LogP contribution in [0.4, 0.5) is 13.2 Å². The Kier molecular flexibility index (Phi) is 6.36. The lowest BCUT2D eigenvalue weighted by atomic mass is 10.0. The van der Waals surface area contributed by atoms with Gasteiger partial charge in [-0.25, -0.2) is 4.79 Å². The average molecular weight is 329 g/mol. The van der Waals surface area contributed by atoms with Crippen LogP contribution < -0.4 is 5.32 Å². The summed E-state index contributed by atoms with van der Waals surface area (Å²) >= 11 is 0. The highest BCUT2D eigenvalue weighted by Gasteiger charge is 2.29.